The Morgan fingerprint density at radius 1 is 0.944 bits per heavy atom. The van der Waals surface area contributed by atoms with Gasteiger partial charge in [-0.3, -0.25) is 9.69 Å². The van der Waals surface area contributed by atoms with E-state index in [0.717, 1.165) is 67.8 Å². The molecule has 0 spiro atoms. The van der Waals surface area contributed by atoms with Crippen LogP contribution < -0.4 is 9.47 Å². The first-order valence-corrected chi connectivity index (χ1v) is 14.0. The van der Waals surface area contributed by atoms with Gasteiger partial charge >= 0.3 is 0 Å². The van der Waals surface area contributed by atoms with Crippen LogP contribution in [0.5, 0.6) is 11.5 Å². The second kappa shape index (κ2) is 10.7. The number of halogens is 1. The fourth-order valence-electron chi connectivity index (χ4n) is 5.21. The molecule has 0 unspecified atom stereocenters. The van der Waals surface area contributed by atoms with Gasteiger partial charge in [0.25, 0.3) is 0 Å². The van der Waals surface area contributed by atoms with Gasteiger partial charge in [-0.2, -0.15) is 4.31 Å². The van der Waals surface area contributed by atoms with E-state index in [-0.39, 0.29) is 30.2 Å². The lowest BCUT2D eigenvalue weighted by Crippen LogP contribution is -2.53. The van der Waals surface area contributed by atoms with E-state index in [9.17, 15) is 17.6 Å². The summed E-state index contributed by atoms with van der Waals surface area (Å²) in [4.78, 5) is 17.3. The second-order valence-electron chi connectivity index (χ2n) is 9.64. The fraction of sp³-hybridized carbons (Fsp3) is 0.500. The van der Waals surface area contributed by atoms with Gasteiger partial charge in [-0.15, -0.1) is 0 Å². The van der Waals surface area contributed by atoms with Gasteiger partial charge in [0, 0.05) is 38.8 Å². The number of carbonyl (C=O) groups excluding carboxylic acids is 1. The van der Waals surface area contributed by atoms with E-state index in [0.29, 0.717) is 26.2 Å². The van der Waals surface area contributed by atoms with Crippen LogP contribution in [0.2, 0.25) is 0 Å². The van der Waals surface area contributed by atoms with Crippen molar-refractivity contribution < 1.29 is 27.1 Å². The van der Waals surface area contributed by atoms with Gasteiger partial charge in [-0.05, 0) is 54.8 Å². The van der Waals surface area contributed by atoms with Crippen molar-refractivity contribution >= 4 is 15.9 Å². The van der Waals surface area contributed by atoms with Gasteiger partial charge in [0.15, 0.2) is 11.5 Å². The lowest BCUT2D eigenvalue weighted by atomic mass is 9.95. The molecule has 2 aromatic carbocycles. The van der Waals surface area contributed by atoms with E-state index >= 15 is 0 Å². The van der Waals surface area contributed by atoms with Crippen LogP contribution in [0.4, 0.5) is 4.39 Å². The second-order valence-corrected chi connectivity index (χ2v) is 11.5. The van der Waals surface area contributed by atoms with Gasteiger partial charge < -0.3 is 14.4 Å². The highest BCUT2D eigenvalue weighted by atomic mass is 32.2. The predicted octanol–water partition coefficient (Wildman–Crippen LogP) is 3.22. The van der Waals surface area contributed by atoms with Crippen molar-refractivity contribution in [3.8, 4) is 11.5 Å². The van der Waals surface area contributed by atoms with Crippen LogP contribution >= 0.6 is 0 Å². The van der Waals surface area contributed by atoms with Gasteiger partial charge in [0.2, 0.25) is 22.7 Å². The molecule has 1 amide bonds. The summed E-state index contributed by atoms with van der Waals surface area (Å²) in [6, 6.07) is 10.6. The Hall–Kier alpha value is -2.69. The van der Waals surface area contributed by atoms with E-state index in [4.69, 9.17) is 9.47 Å². The molecule has 8 nitrogen and oxygen atoms in total. The molecule has 194 valence electrons. The zero-order chi connectivity index (χ0) is 25.1. The average molecular weight is 518 g/mol. The third-order valence-corrected chi connectivity index (χ3v) is 9.17. The molecule has 2 aromatic rings. The first-order valence-electron chi connectivity index (χ1n) is 12.6. The number of benzene rings is 2. The number of carbonyl (C=O) groups is 1. The molecular formula is C26H32FN3O5S. The zero-order valence-electron chi connectivity index (χ0n) is 20.3. The van der Waals surface area contributed by atoms with Crippen LogP contribution in [0, 0.1) is 5.82 Å². The van der Waals surface area contributed by atoms with E-state index in [2.05, 4.69) is 4.90 Å². The minimum atomic E-state index is -3.92. The SMILES string of the molecule is O=C(CN(C1CCCCC1)S(=O)(=O)c1ccc(F)cc1)N1CCN(Cc2ccc3c(c2)OCO3)CC1. The molecule has 1 saturated heterocycles. The summed E-state index contributed by atoms with van der Waals surface area (Å²) in [5.74, 6) is 0.834. The minimum absolute atomic E-state index is 0.0239. The molecule has 2 aliphatic heterocycles. The summed E-state index contributed by atoms with van der Waals surface area (Å²) in [7, 11) is -3.92. The van der Waals surface area contributed by atoms with Gasteiger partial charge in [0.1, 0.15) is 5.82 Å². The number of hydrogen-bond donors (Lipinski definition) is 0. The number of ether oxygens (including phenoxy) is 2. The van der Waals surface area contributed by atoms with Crippen LogP contribution in [0.3, 0.4) is 0 Å². The van der Waals surface area contributed by atoms with Crippen molar-refractivity contribution in [2.75, 3.05) is 39.5 Å². The van der Waals surface area contributed by atoms with Gasteiger partial charge in [-0.1, -0.05) is 25.3 Å². The number of fused-ring (bicyclic) bond motifs is 1. The number of amides is 1. The van der Waals surface area contributed by atoms with Gasteiger partial charge in [-0.25, -0.2) is 12.8 Å². The smallest absolute Gasteiger partial charge is 0.243 e. The average Bonchev–Trinajstić information content (AvgIpc) is 3.36. The molecule has 2 fully saturated rings. The number of piperazine rings is 1. The minimum Gasteiger partial charge on any atom is -0.454 e. The maximum Gasteiger partial charge on any atom is 0.243 e. The van der Waals surface area contributed by atoms with Crippen LogP contribution in [0.1, 0.15) is 37.7 Å². The Labute approximate surface area is 211 Å². The molecule has 3 aliphatic rings. The first kappa shape index (κ1) is 25.0. The van der Waals surface area contributed by atoms with Crippen molar-refractivity contribution in [1.82, 2.24) is 14.1 Å². The highest BCUT2D eigenvalue weighted by Gasteiger charge is 2.35. The van der Waals surface area contributed by atoms with E-state index in [1.165, 1.54) is 16.4 Å². The summed E-state index contributed by atoms with van der Waals surface area (Å²) in [5, 5.41) is 0. The highest BCUT2D eigenvalue weighted by Crippen LogP contribution is 2.33. The monoisotopic (exact) mass is 517 g/mol. The molecule has 36 heavy (non-hydrogen) atoms. The third-order valence-electron chi connectivity index (χ3n) is 7.26. The van der Waals surface area contributed by atoms with Crippen molar-refractivity contribution in [1.29, 1.82) is 0 Å². The van der Waals surface area contributed by atoms with Gasteiger partial charge in [0.05, 0.1) is 11.4 Å². The third kappa shape index (κ3) is 5.50. The van der Waals surface area contributed by atoms with E-state index < -0.39 is 15.8 Å². The Balaban J connectivity index is 1.22. The van der Waals surface area contributed by atoms with Crippen LogP contribution in [0.15, 0.2) is 47.4 Å². The van der Waals surface area contributed by atoms with Crippen LogP contribution in [0.25, 0.3) is 0 Å². The highest BCUT2D eigenvalue weighted by molar-refractivity contribution is 7.89. The normalized spacial score (nSPS) is 19.1. The van der Waals surface area contributed by atoms with E-state index in [1.807, 2.05) is 18.2 Å². The number of nitrogens with zero attached hydrogens (tertiary/aromatic N) is 3. The quantitative estimate of drug-likeness (QED) is 0.561. The maximum atomic E-state index is 13.5. The number of hydrogen-bond acceptors (Lipinski definition) is 6. The summed E-state index contributed by atoms with van der Waals surface area (Å²) in [6.07, 6.45) is 4.41. The Morgan fingerprint density at radius 3 is 2.36 bits per heavy atom. The van der Waals surface area contributed by atoms with Crippen LogP contribution in [-0.2, 0) is 21.4 Å². The Kier molecular flexibility index (Phi) is 7.45. The number of sulfonamides is 1. The molecular weight excluding hydrogens is 485 g/mol. The lowest BCUT2D eigenvalue weighted by molar-refractivity contribution is -0.133. The standard InChI is InChI=1S/C26H32FN3O5S/c27-21-7-9-23(10-8-21)36(32,33)30(22-4-2-1-3-5-22)18-26(31)29-14-12-28(13-15-29)17-20-6-11-24-25(16-20)35-19-34-24/h6-11,16,22H,1-5,12-15,17-19H2. The van der Waals surface area contributed by atoms with E-state index in [1.54, 1.807) is 4.90 Å². The van der Waals surface area contributed by atoms with Crippen molar-refractivity contribution in [2.45, 2.75) is 49.6 Å². The molecule has 0 radical (unpaired) electrons. The Bertz CT molecular complexity index is 1180. The molecule has 0 aromatic heterocycles. The molecule has 1 aliphatic carbocycles. The molecule has 10 heteroatoms. The van der Waals surface area contributed by atoms with Crippen molar-refractivity contribution in [3.63, 3.8) is 0 Å². The number of rotatable bonds is 7. The molecule has 2 heterocycles. The molecule has 5 rings (SSSR count). The van der Waals surface area contributed by atoms with Crippen molar-refractivity contribution in [2.24, 2.45) is 0 Å². The van der Waals surface area contributed by atoms with Crippen LogP contribution in [-0.4, -0.2) is 74.0 Å². The summed E-state index contributed by atoms with van der Waals surface area (Å²) in [6.45, 7) is 3.28. The molecule has 1 saturated carbocycles. The maximum absolute atomic E-state index is 13.5. The zero-order valence-corrected chi connectivity index (χ0v) is 21.1. The predicted molar refractivity (Wildman–Crippen MR) is 132 cm³/mol. The fourth-order valence-corrected chi connectivity index (χ4v) is 6.84. The molecule has 0 bridgehead atoms. The van der Waals surface area contributed by atoms with Crippen molar-refractivity contribution in [3.05, 3.63) is 53.8 Å². The molecule has 0 atom stereocenters. The topological polar surface area (TPSA) is 79.4 Å². The Morgan fingerprint density at radius 2 is 1.64 bits per heavy atom. The largest absolute Gasteiger partial charge is 0.454 e. The lowest BCUT2D eigenvalue weighted by Gasteiger charge is -2.37. The first-order chi connectivity index (χ1) is 17.4. The summed E-state index contributed by atoms with van der Waals surface area (Å²) < 4.78 is 52.6. The summed E-state index contributed by atoms with van der Waals surface area (Å²) in [5.41, 5.74) is 1.12. The molecule has 0 N–H and O–H groups in total. The summed E-state index contributed by atoms with van der Waals surface area (Å²) >= 11 is 0.